The van der Waals surface area contributed by atoms with Gasteiger partial charge < -0.3 is 15.4 Å². The third-order valence-electron chi connectivity index (χ3n) is 3.83. The number of carbonyl (C=O) groups is 1. The van der Waals surface area contributed by atoms with Crippen LogP contribution in [0.15, 0.2) is 12.4 Å². The summed E-state index contributed by atoms with van der Waals surface area (Å²) in [7, 11) is 0. The van der Waals surface area contributed by atoms with Gasteiger partial charge in [0.05, 0.1) is 6.10 Å². The number of hydrogen-bond acceptors (Lipinski definition) is 5. The Bertz CT molecular complexity index is 519. The standard InChI is InChI=1S/C17H28N4O2/c1-11(2)20-16(22)13-6-5-7-14(10-13)21-15-17(23-12(3)4)19-9-8-18-15/h8-9,11-14H,5-7,10H2,1-4H3,(H,18,21)(H,20,22). The van der Waals surface area contributed by atoms with E-state index in [4.69, 9.17) is 4.74 Å². The second kappa shape index (κ2) is 8.13. The van der Waals surface area contributed by atoms with E-state index in [-0.39, 0.29) is 30.0 Å². The van der Waals surface area contributed by atoms with Crippen LogP contribution in [0.25, 0.3) is 0 Å². The van der Waals surface area contributed by atoms with E-state index in [2.05, 4.69) is 20.6 Å². The molecule has 1 aromatic heterocycles. The van der Waals surface area contributed by atoms with E-state index in [1.165, 1.54) is 0 Å². The van der Waals surface area contributed by atoms with Gasteiger partial charge in [0, 0.05) is 30.4 Å². The van der Waals surface area contributed by atoms with Crippen molar-refractivity contribution >= 4 is 11.7 Å². The van der Waals surface area contributed by atoms with Crippen molar-refractivity contribution in [3.63, 3.8) is 0 Å². The number of nitrogens with zero attached hydrogens (tertiary/aromatic N) is 2. The Balaban J connectivity index is 1.99. The summed E-state index contributed by atoms with van der Waals surface area (Å²) in [6.45, 7) is 7.91. The van der Waals surface area contributed by atoms with Gasteiger partial charge in [0.2, 0.25) is 5.91 Å². The summed E-state index contributed by atoms with van der Waals surface area (Å²) in [4.78, 5) is 20.8. The Morgan fingerprint density at radius 1 is 1.22 bits per heavy atom. The van der Waals surface area contributed by atoms with Gasteiger partial charge in [-0.25, -0.2) is 9.97 Å². The number of amides is 1. The van der Waals surface area contributed by atoms with Gasteiger partial charge in [0.15, 0.2) is 5.82 Å². The van der Waals surface area contributed by atoms with E-state index in [1.54, 1.807) is 12.4 Å². The molecule has 6 heteroatoms. The van der Waals surface area contributed by atoms with Crippen molar-refractivity contribution in [3.05, 3.63) is 12.4 Å². The fourth-order valence-electron chi connectivity index (χ4n) is 2.89. The van der Waals surface area contributed by atoms with Crippen LogP contribution in [-0.4, -0.2) is 34.1 Å². The van der Waals surface area contributed by atoms with Crippen molar-refractivity contribution in [1.82, 2.24) is 15.3 Å². The summed E-state index contributed by atoms with van der Waals surface area (Å²) in [6.07, 6.45) is 7.16. The summed E-state index contributed by atoms with van der Waals surface area (Å²) in [6, 6.07) is 0.403. The predicted molar refractivity (Wildman–Crippen MR) is 90.4 cm³/mol. The minimum absolute atomic E-state index is 0.0446. The average Bonchev–Trinajstić information content (AvgIpc) is 2.48. The second-order valence-corrected chi connectivity index (χ2v) is 6.74. The molecule has 0 spiro atoms. The Labute approximate surface area is 138 Å². The normalized spacial score (nSPS) is 21.3. The van der Waals surface area contributed by atoms with Crippen LogP contribution < -0.4 is 15.4 Å². The number of hydrogen-bond donors (Lipinski definition) is 2. The highest BCUT2D eigenvalue weighted by molar-refractivity contribution is 5.79. The Morgan fingerprint density at radius 3 is 2.65 bits per heavy atom. The third kappa shape index (κ3) is 5.37. The van der Waals surface area contributed by atoms with E-state index in [1.807, 2.05) is 27.7 Å². The largest absolute Gasteiger partial charge is 0.472 e. The molecule has 2 rings (SSSR count). The van der Waals surface area contributed by atoms with E-state index in [0.29, 0.717) is 11.7 Å². The number of nitrogens with one attached hydrogen (secondary N) is 2. The van der Waals surface area contributed by atoms with Gasteiger partial charge >= 0.3 is 0 Å². The Kier molecular flexibility index (Phi) is 6.19. The first-order valence-corrected chi connectivity index (χ1v) is 8.50. The maximum absolute atomic E-state index is 12.2. The van der Waals surface area contributed by atoms with Crippen LogP contribution in [0.1, 0.15) is 53.4 Å². The molecule has 6 nitrogen and oxygen atoms in total. The topological polar surface area (TPSA) is 76.1 Å². The lowest BCUT2D eigenvalue weighted by Crippen LogP contribution is -2.40. The lowest BCUT2D eigenvalue weighted by Gasteiger charge is -2.30. The zero-order chi connectivity index (χ0) is 16.8. The lowest BCUT2D eigenvalue weighted by molar-refractivity contribution is -0.126. The molecular weight excluding hydrogens is 292 g/mol. The maximum Gasteiger partial charge on any atom is 0.257 e. The Hall–Kier alpha value is -1.85. The van der Waals surface area contributed by atoms with Gasteiger partial charge in [-0.1, -0.05) is 6.42 Å². The van der Waals surface area contributed by atoms with Crippen LogP contribution in [0.2, 0.25) is 0 Å². The molecule has 1 aliphatic carbocycles. The Morgan fingerprint density at radius 2 is 1.96 bits per heavy atom. The molecular formula is C17H28N4O2. The monoisotopic (exact) mass is 320 g/mol. The van der Waals surface area contributed by atoms with E-state index in [9.17, 15) is 4.79 Å². The number of aromatic nitrogens is 2. The summed E-state index contributed by atoms with van der Waals surface area (Å²) >= 11 is 0. The first kappa shape index (κ1) is 17.5. The van der Waals surface area contributed by atoms with Crippen LogP contribution in [0.5, 0.6) is 5.88 Å². The minimum Gasteiger partial charge on any atom is -0.472 e. The van der Waals surface area contributed by atoms with Crippen molar-refractivity contribution in [3.8, 4) is 5.88 Å². The fraction of sp³-hybridized carbons (Fsp3) is 0.706. The van der Waals surface area contributed by atoms with Gasteiger partial charge in [-0.3, -0.25) is 4.79 Å². The molecule has 1 aromatic rings. The molecule has 2 N–H and O–H groups in total. The van der Waals surface area contributed by atoms with Crippen molar-refractivity contribution in [2.75, 3.05) is 5.32 Å². The number of ether oxygens (including phenoxy) is 1. The molecule has 2 unspecified atom stereocenters. The smallest absolute Gasteiger partial charge is 0.257 e. The molecule has 2 atom stereocenters. The van der Waals surface area contributed by atoms with Crippen LogP contribution in [-0.2, 0) is 4.79 Å². The van der Waals surface area contributed by atoms with Crippen molar-refractivity contribution in [2.45, 2.75) is 71.6 Å². The van der Waals surface area contributed by atoms with E-state index < -0.39 is 0 Å². The quantitative estimate of drug-likeness (QED) is 0.843. The summed E-state index contributed by atoms with van der Waals surface area (Å²) in [5.41, 5.74) is 0. The number of carbonyl (C=O) groups excluding carboxylic acids is 1. The highest BCUT2D eigenvalue weighted by Gasteiger charge is 2.28. The van der Waals surface area contributed by atoms with E-state index >= 15 is 0 Å². The van der Waals surface area contributed by atoms with Gasteiger partial charge in [-0.15, -0.1) is 0 Å². The molecule has 1 amide bonds. The molecule has 1 saturated carbocycles. The molecule has 0 bridgehead atoms. The van der Waals surface area contributed by atoms with Crippen LogP contribution >= 0.6 is 0 Å². The fourth-order valence-corrected chi connectivity index (χ4v) is 2.89. The molecule has 0 saturated heterocycles. The molecule has 0 aliphatic heterocycles. The lowest BCUT2D eigenvalue weighted by atomic mass is 9.85. The van der Waals surface area contributed by atoms with Crippen LogP contribution in [0.4, 0.5) is 5.82 Å². The molecule has 1 heterocycles. The highest BCUT2D eigenvalue weighted by atomic mass is 16.5. The summed E-state index contributed by atoms with van der Waals surface area (Å²) in [5, 5.41) is 6.43. The average molecular weight is 320 g/mol. The zero-order valence-electron chi connectivity index (χ0n) is 14.5. The van der Waals surface area contributed by atoms with Gasteiger partial charge in [0.1, 0.15) is 0 Å². The third-order valence-corrected chi connectivity index (χ3v) is 3.83. The van der Waals surface area contributed by atoms with E-state index in [0.717, 1.165) is 25.7 Å². The molecule has 1 fully saturated rings. The van der Waals surface area contributed by atoms with Gasteiger partial charge in [-0.2, -0.15) is 0 Å². The zero-order valence-corrected chi connectivity index (χ0v) is 14.5. The first-order chi connectivity index (χ1) is 11.0. The molecule has 0 radical (unpaired) electrons. The molecule has 0 aromatic carbocycles. The van der Waals surface area contributed by atoms with Crippen molar-refractivity contribution in [2.24, 2.45) is 5.92 Å². The first-order valence-electron chi connectivity index (χ1n) is 8.50. The van der Waals surface area contributed by atoms with Crippen LogP contribution in [0.3, 0.4) is 0 Å². The van der Waals surface area contributed by atoms with Crippen LogP contribution in [0, 0.1) is 5.92 Å². The minimum atomic E-state index is 0.0446. The predicted octanol–water partition coefficient (Wildman–Crippen LogP) is 2.76. The van der Waals surface area contributed by atoms with Gasteiger partial charge in [0.25, 0.3) is 5.88 Å². The molecule has 23 heavy (non-hydrogen) atoms. The second-order valence-electron chi connectivity index (χ2n) is 6.74. The molecule has 128 valence electrons. The van der Waals surface area contributed by atoms with Gasteiger partial charge in [-0.05, 0) is 47.0 Å². The van der Waals surface area contributed by atoms with Crippen molar-refractivity contribution < 1.29 is 9.53 Å². The maximum atomic E-state index is 12.2. The summed E-state index contributed by atoms with van der Waals surface area (Å²) in [5.74, 6) is 1.41. The summed E-state index contributed by atoms with van der Waals surface area (Å²) < 4.78 is 5.70. The molecule has 1 aliphatic rings. The SMILES string of the molecule is CC(C)NC(=O)C1CCCC(Nc2nccnc2OC(C)C)C1. The van der Waals surface area contributed by atoms with Crippen molar-refractivity contribution in [1.29, 1.82) is 0 Å². The highest BCUT2D eigenvalue weighted by Crippen LogP contribution is 2.29. The number of rotatable bonds is 6. The number of anilines is 1.